The van der Waals surface area contributed by atoms with Gasteiger partial charge in [-0.1, -0.05) is 0 Å². The molecule has 10 nitrogen and oxygen atoms in total. The van der Waals surface area contributed by atoms with Crippen LogP contribution in [0, 0.1) is 0 Å². The highest BCUT2D eigenvalue weighted by atomic mass is 17.1. The zero-order chi connectivity index (χ0) is 14.0. The average Bonchev–Trinajstić information content (AvgIpc) is 2.26. The highest BCUT2D eigenvalue weighted by molar-refractivity contribution is 5.81. The van der Waals surface area contributed by atoms with Gasteiger partial charge in [0, 0.05) is 13.1 Å². The largest absolute Gasteiger partial charge is 0.481 e. The Morgan fingerprint density at radius 2 is 1.89 bits per heavy atom. The maximum Gasteiger partial charge on any atom is 0.323 e. The summed E-state index contributed by atoms with van der Waals surface area (Å²) >= 11 is 0. The van der Waals surface area contributed by atoms with E-state index < -0.39 is 29.8 Å². The third-order valence-corrected chi connectivity index (χ3v) is 1.71. The van der Waals surface area contributed by atoms with E-state index in [9.17, 15) is 9.59 Å². The first-order valence-electron chi connectivity index (χ1n) is 5.09. The first kappa shape index (κ1) is 16.7. The van der Waals surface area contributed by atoms with Crippen LogP contribution in [0.3, 0.4) is 0 Å². The van der Waals surface area contributed by atoms with E-state index in [1.54, 1.807) is 0 Å². The van der Waals surface area contributed by atoms with E-state index in [1.807, 2.05) is 0 Å². The lowest BCUT2D eigenvalue weighted by Gasteiger charge is -2.10. The molecule has 0 aliphatic carbocycles. The molecule has 0 spiro atoms. The molecule has 0 aliphatic rings. The second kappa shape index (κ2) is 9.70. The van der Waals surface area contributed by atoms with Gasteiger partial charge in [0.05, 0.1) is 18.4 Å². The third-order valence-electron chi connectivity index (χ3n) is 1.71. The monoisotopic (exact) mass is 267 g/mol. The fourth-order valence-electron chi connectivity index (χ4n) is 0.927. The average molecular weight is 267 g/mol. The van der Waals surface area contributed by atoms with Crippen molar-refractivity contribution in [3.05, 3.63) is 0 Å². The first-order valence-corrected chi connectivity index (χ1v) is 5.09. The van der Waals surface area contributed by atoms with Crippen LogP contribution >= 0.6 is 0 Å². The van der Waals surface area contributed by atoms with Crippen molar-refractivity contribution in [3.8, 4) is 0 Å². The van der Waals surface area contributed by atoms with Crippen LogP contribution in [0.15, 0.2) is 0 Å². The number of hydrogen-bond donors (Lipinski definition) is 5. The van der Waals surface area contributed by atoms with Gasteiger partial charge >= 0.3 is 11.9 Å². The van der Waals surface area contributed by atoms with Gasteiger partial charge in [0.2, 0.25) is 0 Å². The van der Waals surface area contributed by atoms with Gasteiger partial charge in [0.25, 0.3) is 0 Å². The Hall–Kier alpha value is -1.30. The van der Waals surface area contributed by atoms with Crippen LogP contribution in [0.2, 0.25) is 0 Å². The van der Waals surface area contributed by atoms with Crippen LogP contribution in [-0.4, -0.2) is 65.2 Å². The van der Waals surface area contributed by atoms with Crippen LogP contribution in [0.4, 0.5) is 0 Å². The summed E-state index contributed by atoms with van der Waals surface area (Å²) in [6, 6.07) is -1.18. The normalized spacial score (nSPS) is 12.4. The van der Waals surface area contributed by atoms with Gasteiger partial charge < -0.3 is 20.9 Å². The lowest BCUT2D eigenvalue weighted by atomic mass is 10.2. The Morgan fingerprint density at radius 1 is 1.28 bits per heavy atom. The summed E-state index contributed by atoms with van der Waals surface area (Å²) in [5.41, 5.74) is 5.26. The van der Waals surface area contributed by atoms with E-state index in [2.05, 4.69) is 10.2 Å². The molecule has 0 amide bonds. The van der Waals surface area contributed by atoms with Crippen LogP contribution in [-0.2, 0) is 19.2 Å². The molecule has 0 saturated heterocycles. The molecule has 0 fully saturated rings. The molecule has 6 N–H and O–H groups in total. The molecule has 0 aromatic carbocycles. The summed E-state index contributed by atoms with van der Waals surface area (Å²) in [6.07, 6.45) is -0.483. The van der Waals surface area contributed by atoms with Crippen molar-refractivity contribution in [3.63, 3.8) is 0 Å². The number of carbonyl (C=O) groups excluding carboxylic acids is 1. The standard InChI is InChI=1S/C8H17N3O7/c9-6(5-7(12)13)8(14)17-3-1-10-2-4-18-11(15)16/h6,10,15-16H,1-5,9H2,(H,12,13). The summed E-state index contributed by atoms with van der Waals surface area (Å²) in [7, 11) is 0. The molecule has 18 heavy (non-hydrogen) atoms. The minimum absolute atomic E-state index is 0.0134. The third kappa shape index (κ3) is 9.89. The number of esters is 1. The maximum absolute atomic E-state index is 11.1. The summed E-state index contributed by atoms with van der Waals surface area (Å²) in [6.45, 7) is 0.635. The van der Waals surface area contributed by atoms with Crippen LogP contribution < -0.4 is 11.1 Å². The van der Waals surface area contributed by atoms with E-state index >= 15 is 0 Å². The Morgan fingerprint density at radius 3 is 2.44 bits per heavy atom. The molecule has 0 rings (SSSR count). The van der Waals surface area contributed by atoms with Crippen molar-refractivity contribution in [2.24, 2.45) is 5.73 Å². The Labute approximate surface area is 103 Å². The summed E-state index contributed by atoms with van der Waals surface area (Å²) in [5, 5.41) is 27.1. The van der Waals surface area contributed by atoms with Crippen LogP contribution in [0.5, 0.6) is 0 Å². The second-order valence-electron chi connectivity index (χ2n) is 3.21. The molecule has 0 aromatic rings. The van der Waals surface area contributed by atoms with E-state index in [-0.39, 0.29) is 13.2 Å². The summed E-state index contributed by atoms with van der Waals surface area (Å²) in [5.74, 6) is -1.96. The Balaban J connectivity index is 3.43. The maximum atomic E-state index is 11.1. The number of aliphatic carboxylic acids is 1. The number of nitrogens with one attached hydrogen (secondary N) is 1. The number of carboxylic acid groups (broad SMARTS) is 1. The highest BCUT2D eigenvalue weighted by Crippen LogP contribution is 1.91. The fourth-order valence-corrected chi connectivity index (χ4v) is 0.927. The molecule has 0 aromatic heterocycles. The number of carbonyl (C=O) groups is 2. The van der Waals surface area contributed by atoms with Crippen molar-refractivity contribution in [2.75, 3.05) is 26.3 Å². The summed E-state index contributed by atoms with van der Waals surface area (Å²) in [4.78, 5) is 25.6. The molecule has 0 heterocycles. The van der Waals surface area contributed by atoms with Gasteiger partial charge in [-0.05, 0) is 0 Å². The molecular weight excluding hydrogens is 250 g/mol. The Bertz CT molecular complexity index is 261. The zero-order valence-corrected chi connectivity index (χ0v) is 9.61. The van der Waals surface area contributed by atoms with Crippen molar-refractivity contribution >= 4 is 11.9 Å². The molecule has 0 radical (unpaired) electrons. The smallest absolute Gasteiger partial charge is 0.323 e. The molecule has 1 atom stereocenters. The quantitative estimate of drug-likeness (QED) is 0.169. The first-order chi connectivity index (χ1) is 8.43. The van der Waals surface area contributed by atoms with Gasteiger partial charge in [-0.2, -0.15) is 0 Å². The number of nitrogens with two attached hydrogens (primary N) is 1. The van der Waals surface area contributed by atoms with Gasteiger partial charge in [-0.3, -0.25) is 20.0 Å². The number of rotatable bonds is 10. The van der Waals surface area contributed by atoms with E-state index in [1.165, 1.54) is 0 Å². The number of carboxylic acids is 1. The van der Waals surface area contributed by atoms with E-state index in [4.69, 9.17) is 26.0 Å². The molecule has 0 bridgehead atoms. The molecule has 0 aliphatic heterocycles. The van der Waals surface area contributed by atoms with Gasteiger partial charge in [0.15, 0.2) is 0 Å². The predicted molar refractivity (Wildman–Crippen MR) is 55.4 cm³/mol. The highest BCUT2D eigenvalue weighted by Gasteiger charge is 2.17. The second-order valence-corrected chi connectivity index (χ2v) is 3.21. The van der Waals surface area contributed by atoms with Crippen molar-refractivity contribution in [1.29, 1.82) is 0 Å². The summed E-state index contributed by atoms with van der Waals surface area (Å²) < 4.78 is 4.69. The number of hydrogen-bond acceptors (Lipinski definition) is 9. The molecule has 1 unspecified atom stereocenters. The fraction of sp³-hybridized carbons (Fsp3) is 0.750. The van der Waals surface area contributed by atoms with Crippen LogP contribution in [0.25, 0.3) is 0 Å². The van der Waals surface area contributed by atoms with Crippen molar-refractivity contribution < 1.29 is 34.7 Å². The van der Waals surface area contributed by atoms with Crippen molar-refractivity contribution in [2.45, 2.75) is 12.5 Å². The molecule has 10 heteroatoms. The van der Waals surface area contributed by atoms with E-state index in [0.717, 1.165) is 0 Å². The minimum Gasteiger partial charge on any atom is -0.481 e. The van der Waals surface area contributed by atoms with Crippen molar-refractivity contribution in [1.82, 2.24) is 10.7 Å². The predicted octanol–water partition coefficient (Wildman–Crippen LogP) is -2.07. The lowest BCUT2D eigenvalue weighted by Crippen LogP contribution is -2.36. The SMILES string of the molecule is NC(CC(=O)O)C(=O)OCCNCCON(O)O. The zero-order valence-electron chi connectivity index (χ0n) is 9.61. The molecule has 106 valence electrons. The number of ether oxygens (including phenoxy) is 1. The number of nitrogens with zero attached hydrogens (tertiary/aromatic N) is 1. The van der Waals surface area contributed by atoms with Gasteiger partial charge in [0.1, 0.15) is 12.6 Å². The van der Waals surface area contributed by atoms with Gasteiger partial charge in [-0.25, -0.2) is 4.84 Å². The molecule has 0 saturated carbocycles. The minimum atomic E-state index is -1.18. The Kier molecular flexibility index (Phi) is 9.00. The van der Waals surface area contributed by atoms with E-state index in [0.29, 0.717) is 13.1 Å². The lowest BCUT2D eigenvalue weighted by molar-refractivity contribution is -0.491. The molecular formula is C8H17N3O7. The van der Waals surface area contributed by atoms with Crippen LogP contribution in [0.1, 0.15) is 6.42 Å². The van der Waals surface area contributed by atoms with Gasteiger partial charge in [-0.15, -0.1) is 0 Å². The topological polar surface area (TPSA) is 155 Å².